The lowest BCUT2D eigenvalue weighted by atomic mass is 10.1. The monoisotopic (exact) mass is 233 g/mol. The fraction of sp³-hybridized carbons (Fsp3) is 0.538. The average molecular weight is 233 g/mol. The summed E-state index contributed by atoms with van der Waals surface area (Å²) in [5.41, 5.74) is 7.02. The van der Waals surface area contributed by atoms with Gasteiger partial charge in [0.05, 0.1) is 0 Å². The standard InChI is InChI=1S/C13H19N3O/c1-8-4-3-5-11(8)16-13(17)10-6-9(2)15-12(14)7-10/h6-8,11H,3-5H2,1-2H3,(H2,14,15)(H,16,17). The maximum atomic E-state index is 12.1. The van der Waals surface area contributed by atoms with Crippen LogP contribution in [0, 0.1) is 12.8 Å². The molecule has 2 atom stereocenters. The molecule has 1 aromatic heterocycles. The molecule has 4 nitrogen and oxygen atoms in total. The zero-order chi connectivity index (χ0) is 12.4. The van der Waals surface area contributed by atoms with Crippen molar-refractivity contribution < 1.29 is 4.79 Å². The number of pyridine rings is 1. The minimum absolute atomic E-state index is 0.0408. The Bertz CT molecular complexity index is 410. The Morgan fingerprint density at radius 2 is 2.24 bits per heavy atom. The van der Waals surface area contributed by atoms with Crippen molar-refractivity contribution in [1.29, 1.82) is 0 Å². The van der Waals surface area contributed by atoms with Gasteiger partial charge in [-0.3, -0.25) is 4.79 Å². The molecule has 3 N–H and O–H groups in total. The van der Waals surface area contributed by atoms with E-state index in [1.54, 1.807) is 12.1 Å². The van der Waals surface area contributed by atoms with Crippen molar-refractivity contribution in [3.63, 3.8) is 0 Å². The molecular formula is C13H19N3O. The number of aromatic nitrogens is 1. The molecule has 0 aromatic carbocycles. The zero-order valence-electron chi connectivity index (χ0n) is 10.4. The lowest BCUT2D eigenvalue weighted by Gasteiger charge is -2.17. The summed E-state index contributed by atoms with van der Waals surface area (Å²) < 4.78 is 0. The van der Waals surface area contributed by atoms with Crippen molar-refractivity contribution in [1.82, 2.24) is 10.3 Å². The van der Waals surface area contributed by atoms with Gasteiger partial charge in [-0.05, 0) is 37.8 Å². The Balaban J connectivity index is 2.09. The number of rotatable bonds is 2. The molecule has 1 saturated carbocycles. The van der Waals surface area contributed by atoms with Gasteiger partial charge in [0.1, 0.15) is 5.82 Å². The van der Waals surface area contributed by atoms with Gasteiger partial charge in [0, 0.05) is 17.3 Å². The van der Waals surface area contributed by atoms with Gasteiger partial charge < -0.3 is 11.1 Å². The summed E-state index contributed by atoms with van der Waals surface area (Å²) in [6.45, 7) is 4.02. The largest absolute Gasteiger partial charge is 0.384 e. The maximum Gasteiger partial charge on any atom is 0.251 e. The highest BCUT2D eigenvalue weighted by atomic mass is 16.1. The van der Waals surface area contributed by atoms with Gasteiger partial charge in [-0.2, -0.15) is 0 Å². The maximum absolute atomic E-state index is 12.1. The molecule has 1 aliphatic rings. The van der Waals surface area contributed by atoms with E-state index in [9.17, 15) is 4.79 Å². The molecule has 0 aliphatic heterocycles. The number of hydrogen-bond donors (Lipinski definition) is 2. The molecule has 1 fully saturated rings. The number of carbonyl (C=O) groups excluding carboxylic acids is 1. The van der Waals surface area contributed by atoms with Gasteiger partial charge in [-0.15, -0.1) is 0 Å². The van der Waals surface area contributed by atoms with Crippen LogP contribution in [0.1, 0.15) is 42.2 Å². The number of amides is 1. The lowest BCUT2D eigenvalue weighted by molar-refractivity contribution is 0.0929. The Labute approximate surface area is 102 Å². The van der Waals surface area contributed by atoms with Crippen LogP contribution in [0.25, 0.3) is 0 Å². The number of carbonyl (C=O) groups is 1. The van der Waals surface area contributed by atoms with Gasteiger partial charge in [0.2, 0.25) is 0 Å². The van der Waals surface area contributed by atoms with Gasteiger partial charge in [-0.1, -0.05) is 13.3 Å². The third kappa shape index (κ3) is 2.75. The molecule has 1 heterocycles. The molecule has 17 heavy (non-hydrogen) atoms. The molecule has 0 saturated heterocycles. The molecule has 0 spiro atoms. The van der Waals surface area contributed by atoms with E-state index in [0.29, 0.717) is 23.3 Å². The number of nitrogens with two attached hydrogens (primary N) is 1. The summed E-state index contributed by atoms with van der Waals surface area (Å²) in [4.78, 5) is 16.1. The number of nitrogens with zero attached hydrogens (tertiary/aromatic N) is 1. The second-order valence-corrected chi connectivity index (χ2v) is 4.91. The van der Waals surface area contributed by atoms with Crippen molar-refractivity contribution in [2.24, 2.45) is 5.92 Å². The van der Waals surface area contributed by atoms with E-state index in [1.807, 2.05) is 6.92 Å². The zero-order valence-corrected chi connectivity index (χ0v) is 10.4. The van der Waals surface area contributed by atoms with Crippen molar-refractivity contribution in [2.45, 2.75) is 39.2 Å². The van der Waals surface area contributed by atoms with Crippen LogP contribution < -0.4 is 11.1 Å². The molecular weight excluding hydrogens is 214 g/mol. The fourth-order valence-corrected chi connectivity index (χ4v) is 2.44. The quantitative estimate of drug-likeness (QED) is 0.819. The molecule has 0 bridgehead atoms. The second kappa shape index (κ2) is 4.73. The molecule has 1 amide bonds. The van der Waals surface area contributed by atoms with Gasteiger partial charge >= 0.3 is 0 Å². The van der Waals surface area contributed by atoms with Crippen LogP contribution in [0.4, 0.5) is 5.82 Å². The first kappa shape index (κ1) is 11.9. The number of hydrogen-bond acceptors (Lipinski definition) is 3. The molecule has 1 aromatic rings. The van der Waals surface area contributed by atoms with Gasteiger partial charge in [0.15, 0.2) is 0 Å². The van der Waals surface area contributed by atoms with Crippen LogP contribution in [-0.2, 0) is 0 Å². The Morgan fingerprint density at radius 1 is 1.47 bits per heavy atom. The number of aryl methyl sites for hydroxylation is 1. The molecule has 0 radical (unpaired) electrons. The molecule has 2 rings (SSSR count). The van der Waals surface area contributed by atoms with Gasteiger partial charge in [0.25, 0.3) is 5.91 Å². The van der Waals surface area contributed by atoms with Crippen molar-refractivity contribution in [2.75, 3.05) is 5.73 Å². The lowest BCUT2D eigenvalue weighted by Crippen LogP contribution is -2.36. The van der Waals surface area contributed by atoms with E-state index in [0.717, 1.165) is 12.1 Å². The van der Waals surface area contributed by atoms with Crippen molar-refractivity contribution >= 4 is 11.7 Å². The summed E-state index contributed by atoms with van der Waals surface area (Å²) in [6, 6.07) is 3.70. The van der Waals surface area contributed by atoms with Crippen molar-refractivity contribution in [3.8, 4) is 0 Å². The molecule has 4 heteroatoms. The van der Waals surface area contributed by atoms with Crippen LogP contribution in [0.15, 0.2) is 12.1 Å². The van der Waals surface area contributed by atoms with Crippen molar-refractivity contribution in [3.05, 3.63) is 23.4 Å². The van der Waals surface area contributed by atoms with Crippen LogP contribution in [0.5, 0.6) is 0 Å². The van der Waals surface area contributed by atoms with E-state index in [2.05, 4.69) is 17.2 Å². The van der Waals surface area contributed by atoms with Crippen LogP contribution >= 0.6 is 0 Å². The van der Waals surface area contributed by atoms with E-state index < -0.39 is 0 Å². The first-order chi connectivity index (χ1) is 8.06. The fourth-order valence-electron chi connectivity index (χ4n) is 2.44. The first-order valence-corrected chi connectivity index (χ1v) is 6.11. The van der Waals surface area contributed by atoms with E-state index in [1.165, 1.54) is 12.8 Å². The second-order valence-electron chi connectivity index (χ2n) is 4.91. The highest BCUT2D eigenvalue weighted by Crippen LogP contribution is 2.25. The van der Waals surface area contributed by atoms with Crippen LogP contribution in [0.2, 0.25) is 0 Å². The minimum atomic E-state index is -0.0408. The smallest absolute Gasteiger partial charge is 0.251 e. The SMILES string of the molecule is Cc1cc(C(=O)NC2CCCC2C)cc(N)n1. The molecule has 1 aliphatic carbocycles. The Kier molecular flexibility index (Phi) is 3.31. The third-order valence-electron chi connectivity index (χ3n) is 3.41. The number of anilines is 1. The van der Waals surface area contributed by atoms with E-state index in [-0.39, 0.29) is 5.91 Å². The highest BCUT2D eigenvalue weighted by molar-refractivity contribution is 5.95. The molecule has 2 unspecified atom stereocenters. The predicted molar refractivity (Wildman–Crippen MR) is 67.7 cm³/mol. The topological polar surface area (TPSA) is 68.0 Å². The normalized spacial score (nSPS) is 23.6. The molecule has 92 valence electrons. The Morgan fingerprint density at radius 3 is 2.82 bits per heavy atom. The summed E-state index contributed by atoms with van der Waals surface area (Å²) in [7, 11) is 0. The van der Waals surface area contributed by atoms with E-state index in [4.69, 9.17) is 5.73 Å². The van der Waals surface area contributed by atoms with Gasteiger partial charge in [-0.25, -0.2) is 4.98 Å². The van der Waals surface area contributed by atoms with E-state index >= 15 is 0 Å². The van der Waals surface area contributed by atoms with Crippen LogP contribution in [0.3, 0.4) is 0 Å². The summed E-state index contributed by atoms with van der Waals surface area (Å²) in [6.07, 6.45) is 3.47. The van der Waals surface area contributed by atoms with Crippen LogP contribution in [-0.4, -0.2) is 16.9 Å². The Hall–Kier alpha value is -1.58. The summed E-state index contributed by atoms with van der Waals surface area (Å²) in [5.74, 6) is 0.926. The minimum Gasteiger partial charge on any atom is -0.384 e. The summed E-state index contributed by atoms with van der Waals surface area (Å²) >= 11 is 0. The predicted octanol–water partition coefficient (Wildman–Crippen LogP) is 1.89. The summed E-state index contributed by atoms with van der Waals surface area (Å²) in [5, 5.41) is 3.08. The highest BCUT2D eigenvalue weighted by Gasteiger charge is 2.25. The number of nitrogen functional groups attached to an aromatic ring is 1. The first-order valence-electron chi connectivity index (χ1n) is 6.11. The third-order valence-corrected chi connectivity index (χ3v) is 3.41. The average Bonchev–Trinajstić information content (AvgIpc) is 2.63. The number of nitrogens with one attached hydrogen (secondary N) is 1.